The van der Waals surface area contributed by atoms with Gasteiger partial charge >= 0.3 is 12.1 Å². The average Bonchev–Trinajstić information content (AvgIpc) is 3.30. The van der Waals surface area contributed by atoms with Gasteiger partial charge in [0.15, 0.2) is 0 Å². The molecule has 2 heterocycles. The van der Waals surface area contributed by atoms with E-state index in [9.17, 15) is 19.2 Å². The van der Waals surface area contributed by atoms with E-state index in [1.54, 1.807) is 31.2 Å². The van der Waals surface area contributed by atoms with Crippen molar-refractivity contribution in [3.05, 3.63) is 59.5 Å². The van der Waals surface area contributed by atoms with E-state index >= 15 is 0 Å². The Hall–Kier alpha value is -3.62. The largest absolute Gasteiger partial charge is 0.467 e. The van der Waals surface area contributed by atoms with E-state index in [1.165, 1.54) is 6.26 Å². The van der Waals surface area contributed by atoms with Gasteiger partial charge in [0.1, 0.15) is 17.8 Å². The summed E-state index contributed by atoms with van der Waals surface area (Å²) in [6.45, 7) is 3.20. The Morgan fingerprint density at radius 1 is 1.17 bits per heavy atom. The van der Waals surface area contributed by atoms with Gasteiger partial charge in [-0.05, 0) is 36.6 Å². The number of aryl methyl sites for hydroxylation is 1. The average molecular weight is 412 g/mol. The molecule has 3 N–H and O–H groups in total. The first-order valence-electron chi connectivity index (χ1n) is 9.67. The third-order valence-electron chi connectivity index (χ3n) is 4.90. The lowest BCUT2D eigenvalue weighted by molar-refractivity contribution is -0.134. The van der Waals surface area contributed by atoms with E-state index in [4.69, 9.17) is 4.42 Å². The number of nitrogens with zero attached hydrogens (tertiary/aromatic N) is 1. The fourth-order valence-corrected chi connectivity index (χ4v) is 3.26. The van der Waals surface area contributed by atoms with Crippen molar-refractivity contribution in [2.75, 3.05) is 6.54 Å². The molecule has 6 amide bonds. The maximum Gasteiger partial charge on any atom is 0.325 e. The van der Waals surface area contributed by atoms with Gasteiger partial charge in [-0.25, -0.2) is 9.59 Å². The van der Waals surface area contributed by atoms with E-state index in [1.807, 2.05) is 12.1 Å². The van der Waals surface area contributed by atoms with Crippen LogP contribution in [-0.2, 0) is 28.1 Å². The van der Waals surface area contributed by atoms with Gasteiger partial charge in [0, 0.05) is 0 Å². The molecule has 2 aromatic rings. The summed E-state index contributed by atoms with van der Waals surface area (Å²) in [5.74, 6) is -0.813. The summed E-state index contributed by atoms with van der Waals surface area (Å²) in [7, 11) is 0. The van der Waals surface area contributed by atoms with E-state index < -0.39 is 36.0 Å². The normalized spacial score (nSPS) is 18.3. The Kier molecular flexibility index (Phi) is 6.20. The summed E-state index contributed by atoms with van der Waals surface area (Å²) >= 11 is 0. The molecular weight excluding hydrogens is 388 g/mol. The standard InChI is InChI=1S/C21H24N4O5/c1-3-5-14-7-9-15(10-8-14)21(2)18(27)25(20(29)24-21)13-17(26)23-19(28)22-12-16-6-4-11-30-16/h4,6-11H,3,5,12-13H2,1-2H3,(H,24,29)(H2,22,23,26,28)/t21-/m1/s1. The van der Waals surface area contributed by atoms with Gasteiger partial charge < -0.3 is 15.1 Å². The minimum absolute atomic E-state index is 0.0986. The smallest absolute Gasteiger partial charge is 0.325 e. The third-order valence-corrected chi connectivity index (χ3v) is 4.90. The van der Waals surface area contributed by atoms with Crippen molar-refractivity contribution < 1.29 is 23.6 Å². The zero-order valence-electron chi connectivity index (χ0n) is 16.9. The van der Waals surface area contributed by atoms with Crippen LogP contribution in [0.5, 0.6) is 0 Å². The van der Waals surface area contributed by atoms with Crippen LogP contribution in [0.4, 0.5) is 9.59 Å². The molecule has 1 aromatic heterocycles. The summed E-state index contributed by atoms with van der Waals surface area (Å²) in [5, 5.41) is 7.19. The number of hydrogen-bond acceptors (Lipinski definition) is 5. The molecule has 1 fully saturated rings. The quantitative estimate of drug-likeness (QED) is 0.601. The van der Waals surface area contributed by atoms with Crippen molar-refractivity contribution in [2.45, 2.75) is 38.8 Å². The number of furan rings is 1. The highest BCUT2D eigenvalue weighted by atomic mass is 16.3. The molecular formula is C21H24N4O5. The SMILES string of the molecule is CCCc1ccc([C@@]2(C)NC(=O)N(CC(=O)NC(=O)NCc3ccco3)C2=O)cc1. The number of carbonyl (C=O) groups excluding carboxylic acids is 4. The first-order chi connectivity index (χ1) is 14.3. The van der Waals surface area contributed by atoms with Gasteiger partial charge in [-0.15, -0.1) is 0 Å². The van der Waals surface area contributed by atoms with Crippen molar-refractivity contribution >= 4 is 23.9 Å². The summed E-state index contributed by atoms with van der Waals surface area (Å²) in [5.41, 5.74) is 0.488. The van der Waals surface area contributed by atoms with Gasteiger partial charge in [0.2, 0.25) is 5.91 Å². The number of carbonyl (C=O) groups is 4. The molecule has 3 rings (SSSR count). The van der Waals surface area contributed by atoms with Gasteiger partial charge in [0.05, 0.1) is 12.8 Å². The van der Waals surface area contributed by atoms with E-state index in [0.717, 1.165) is 23.3 Å². The molecule has 0 radical (unpaired) electrons. The Morgan fingerprint density at radius 3 is 2.53 bits per heavy atom. The topological polar surface area (TPSA) is 121 Å². The summed E-state index contributed by atoms with van der Waals surface area (Å²) in [6, 6.07) is 9.34. The highest BCUT2D eigenvalue weighted by molar-refractivity contribution is 6.10. The molecule has 0 aliphatic carbocycles. The van der Waals surface area contributed by atoms with Crippen LogP contribution in [0.15, 0.2) is 47.1 Å². The van der Waals surface area contributed by atoms with Crippen molar-refractivity contribution in [3.63, 3.8) is 0 Å². The molecule has 0 unspecified atom stereocenters. The lowest BCUT2D eigenvalue weighted by Crippen LogP contribution is -2.46. The molecule has 30 heavy (non-hydrogen) atoms. The highest BCUT2D eigenvalue weighted by Gasteiger charge is 2.49. The fraction of sp³-hybridized carbons (Fsp3) is 0.333. The molecule has 158 valence electrons. The first-order valence-corrected chi connectivity index (χ1v) is 9.67. The third kappa shape index (κ3) is 4.51. The number of imide groups is 2. The van der Waals surface area contributed by atoms with E-state index in [0.29, 0.717) is 11.3 Å². The van der Waals surface area contributed by atoms with Gasteiger partial charge in [-0.3, -0.25) is 19.8 Å². The van der Waals surface area contributed by atoms with Gasteiger partial charge in [-0.2, -0.15) is 0 Å². The molecule has 0 spiro atoms. The van der Waals surface area contributed by atoms with Gasteiger partial charge in [0.25, 0.3) is 5.91 Å². The van der Waals surface area contributed by atoms with Crippen LogP contribution in [0.25, 0.3) is 0 Å². The number of hydrogen-bond donors (Lipinski definition) is 3. The summed E-state index contributed by atoms with van der Waals surface area (Å²) in [4.78, 5) is 50.0. The van der Waals surface area contributed by atoms with Crippen LogP contribution in [0.3, 0.4) is 0 Å². The van der Waals surface area contributed by atoms with Crippen LogP contribution < -0.4 is 16.0 Å². The molecule has 1 aliphatic heterocycles. The lowest BCUT2D eigenvalue weighted by Gasteiger charge is -2.22. The second kappa shape index (κ2) is 8.81. The van der Waals surface area contributed by atoms with Crippen LogP contribution in [-0.4, -0.2) is 35.3 Å². The number of urea groups is 2. The van der Waals surface area contributed by atoms with E-state index in [2.05, 4.69) is 22.9 Å². The Bertz CT molecular complexity index is 939. The summed E-state index contributed by atoms with van der Waals surface area (Å²) in [6.07, 6.45) is 3.39. The second-order valence-corrected chi connectivity index (χ2v) is 7.20. The van der Waals surface area contributed by atoms with Crippen molar-refractivity contribution in [1.82, 2.24) is 20.9 Å². The molecule has 0 bridgehead atoms. The second-order valence-electron chi connectivity index (χ2n) is 7.20. The van der Waals surface area contributed by atoms with Crippen molar-refractivity contribution in [1.29, 1.82) is 0 Å². The van der Waals surface area contributed by atoms with Gasteiger partial charge in [-0.1, -0.05) is 37.6 Å². The zero-order chi connectivity index (χ0) is 21.7. The Morgan fingerprint density at radius 2 is 1.90 bits per heavy atom. The molecule has 0 saturated carbocycles. The van der Waals surface area contributed by atoms with Crippen molar-refractivity contribution in [3.8, 4) is 0 Å². The molecule has 9 heteroatoms. The van der Waals surface area contributed by atoms with Crippen LogP contribution >= 0.6 is 0 Å². The number of amides is 6. The maximum absolute atomic E-state index is 12.9. The molecule has 1 saturated heterocycles. The highest BCUT2D eigenvalue weighted by Crippen LogP contribution is 2.29. The minimum Gasteiger partial charge on any atom is -0.467 e. The Balaban J connectivity index is 1.59. The predicted octanol–water partition coefficient (Wildman–Crippen LogP) is 2.03. The molecule has 1 aromatic carbocycles. The number of benzene rings is 1. The molecule has 1 aliphatic rings. The fourth-order valence-electron chi connectivity index (χ4n) is 3.26. The van der Waals surface area contributed by atoms with Crippen LogP contribution in [0, 0.1) is 0 Å². The first kappa shape index (κ1) is 21.1. The summed E-state index contributed by atoms with van der Waals surface area (Å²) < 4.78 is 5.08. The minimum atomic E-state index is -1.27. The molecule has 9 nitrogen and oxygen atoms in total. The molecule has 1 atom stereocenters. The zero-order valence-corrected chi connectivity index (χ0v) is 16.9. The predicted molar refractivity (Wildman–Crippen MR) is 107 cm³/mol. The van der Waals surface area contributed by atoms with Crippen LogP contribution in [0.1, 0.15) is 37.2 Å². The number of nitrogens with one attached hydrogen (secondary N) is 3. The Labute approximate surface area is 173 Å². The lowest BCUT2D eigenvalue weighted by atomic mass is 9.91. The van der Waals surface area contributed by atoms with Crippen molar-refractivity contribution in [2.24, 2.45) is 0 Å². The van der Waals surface area contributed by atoms with Crippen LogP contribution in [0.2, 0.25) is 0 Å². The van der Waals surface area contributed by atoms with E-state index in [-0.39, 0.29) is 6.54 Å². The maximum atomic E-state index is 12.9. The monoisotopic (exact) mass is 412 g/mol. The number of rotatable bonds is 7.